The van der Waals surface area contributed by atoms with Gasteiger partial charge in [-0.1, -0.05) is 31.5 Å². The fourth-order valence-corrected chi connectivity index (χ4v) is 2.05. The molecule has 5 nitrogen and oxygen atoms in total. The molecule has 1 rings (SSSR count). The smallest absolute Gasteiger partial charge is 0.326 e. The molecule has 0 spiro atoms. The van der Waals surface area contributed by atoms with Gasteiger partial charge in [-0.2, -0.15) is 0 Å². The molecule has 20 heavy (non-hydrogen) atoms. The molecule has 110 valence electrons. The Morgan fingerprint density at radius 1 is 1.25 bits per heavy atom. The van der Waals surface area contributed by atoms with Gasteiger partial charge in [-0.05, 0) is 31.4 Å². The predicted molar refractivity (Wildman–Crippen MR) is 78.9 cm³/mol. The first kappa shape index (κ1) is 16.0. The average molecular weight is 278 g/mol. The van der Waals surface area contributed by atoms with Crippen LogP contribution in [0.5, 0.6) is 0 Å². The van der Waals surface area contributed by atoms with Crippen LogP contribution >= 0.6 is 0 Å². The zero-order valence-electron chi connectivity index (χ0n) is 12.2. The lowest BCUT2D eigenvalue weighted by molar-refractivity contribution is -0.141. The van der Waals surface area contributed by atoms with Gasteiger partial charge < -0.3 is 15.7 Å². The van der Waals surface area contributed by atoms with E-state index in [1.807, 2.05) is 39.0 Å². The van der Waals surface area contributed by atoms with Crippen molar-refractivity contribution in [3.8, 4) is 0 Å². The van der Waals surface area contributed by atoms with E-state index in [0.717, 1.165) is 16.8 Å². The van der Waals surface area contributed by atoms with Crippen molar-refractivity contribution in [3.05, 3.63) is 29.3 Å². The largest absolute Gasteiger partial charge is 0.480 e. The zero-order chi connectivity index (χ0) is 15.1. The minimum absolute atomic E-state index is 0.0686. The summed E-state index contributed by atoms with van der Waals surface area (Å²) in [7, 11) is 0. The van der Waals surface area contributed by atoms with Crippen LogP contribution in [0.25, 0.3) is 0 Å². The summed E-state index contributed by atoms with van der Waals surface area (Å²) in [6, 6.07) is 5.07. The molecule has 0 fully saturated rings. The van der Waals surface area contributed by atoms with Crippen molar-refractivity contribution in [1.82, 2.24) is 5.32 Å². The van der Waals surface area contributed by atoms with Crippen molar-refractivity contribution < 1.29 is 14.7 Å². The quantitative estimate of drug-likeness (QED) is 0.713. The average Bonchev–Trinajstić information content (AvgIpc) is 2.37. The Hall–Kier alpha value is -2.04. The maximum Gasteiger partial charge on any atom is 0.326 e. The summed E-state index contributed by atoms with van der Waals surface area (Å²) in [6.07, 6.45) is 1.14. The number of hydrogen-bond acceptors (Lipinski definition) is 3. The monoisotopic (exact) mass is 278 g/mol. The minimum atomic E-state index is -0.993. The zero-order valence-corrected chi connectivity index (χ0v) is 12.2. The molecule has 0 aliphatic heterocycles. The van der Waals surface area contributed by atoms with Crippen LogP contribution in [0.15, 0.2) is 18.2 Å². The van der Waals surface area contributed by atoms with Gasteiger partial charge in [-0.15, -0.1) is 0 Å². The summed E-state index contributed by atoms with van der Waals surface area (Å²) in [5.74, 6) is -1.30. The van der Waals surface area contributed by atoms with Gasteiger partial charge in [-0.25, -0.2) is 4.79 Å². The lowest BCUT2D eigenvalue weighted by atomic mass is 10.1. The summed E-state index contributed by atoms with van der Waals surface area (Å²) in [4.78, 5) is 22.8. The first-order valence-electron chi connectivity index (χ1n) is 6.78. The second-order valence-electron chi connectivity index (χ2n) is 4.87. The van der Waals surface area contributed by atoms with Gasteiger partial charge in [0.15, 0.2) is 0 Å². The van der Waals surface area contributed by atoms with Crippen LogP contribution in [-0.2, 0) is 9.59 Å². The molecule has 0 saturated carbocycles. The number of aliphatic carboxylic acids is 1. The highest BCUT2D eigenvalue weighted by Crippen LogP contribution is 2.18. The molecule has 1 unspecified atom stereocenters. The molecule has 0 aromatic heterocycles. The SMILES string of the molecule is CCCC(NC(=O)CNc1c(C)cccc1C)C(=O)O. The van der Waals surface area contributed by atoms with Crippen molar-refractivity contribution in [2.24, 2.45) is 0 Å². The highest BCUT2D eigenvalue weighted by atomic mass is 16.4. The molecule has 0 saturated heterocycles. The van der Waals surface area contributed by atoms with Gasteiger partial charge in [0.2, 0.25) is 5.91 Å². The molecule has 3 N–H and O–H groups in total. The molecular weight excluding hydrogens is 256 g/mol. The van der Waals surface area contributed by atoms with Gasteiger partial charge in [0.05, 0.1) is 6.54 Å². The van der Waals surface area contributed by atoms with Crippen LogP contribution < -0.4 is 10.6 Å². The molecule has 0 aliphatic carbocycles. The molecule has 0 heterocycles. The fraction of sp³-hybridized carbons (Fsp3) is 0.467. The number of para-hydroxylation sites is 1. The molecular formula is C15H22N2O3. The Kier molecular flexibility index (Phi) is 6.03. The third-order valence-electron chi connectivity index (χ3n) is 3.12. The fourth-order valence-electron chi connectivity index (χ4n) is 2.05. The number of benzene rings is 1. The molecule has 0 bridgehead atoms. The van der Waals surface area contributed by atoms with Crippen LogP contribution in [0.3, 0.4) is 0 Å². The van der Waals surface area contributed by atoms with E-state index < -0.39 is 12.0 Å². The molecule has 0 aliphatic rings. The highest BCUT2D eigenvalue weighted by Gasteiger charge is 2.18. The second-order valence-corrected chi connectivity index (χ2v) is 4.87. The Morgan fingerprint density at radius 2 is 1.85 bits per heavy atom. The minimum Gasteiger partial charge on any atom is -0.480 e. The standard InChI is InChI=1S/C15H22N2O3/c1-4-6-12(15(19)20)17-13(18)9-16-14-10(2)7-5-8-11(14)3/h5,7-8,12,16H,4,6,9H2,1-3H3,(H,17,18)(H,19,20). The number of carbonyl (C=O) groups is 2. The van der Waals surface area contributed by atoms with Gasteiger partial charge in [-0.3, -0.25) is 4.79 Å². The van der Waals surface area contributed by atoms with E-state index in [1.54, 1.807) is 0 Å². The number of anilines is 1. The summed E-state index contributed by atoms with van der Waals surface area (Å²) in [6.45, 7) is 5.88. The number of nitrogens with one attached hydrogen (secondary N) is 2. The summed E-state index contributed by atoms with van der Waals surface area (Å²) < 4.78 is 0. The number of carbonyl (C=O) groups excluding carboxylic acids is 1. The maximum atomic E-state index is 11.8. The van der Waals surface area contributed by atoms with E-state index in [9.17, 15) is 9.59 Å². The molecule has 0 radical (unpaired) electrons. The van der Waals surface area contributed by atoms with E-state index in [0.29, 0.717) is 12.8 Å². The second kappa shape index (κ2) is 7.53. The van der Waals surface area contributed by atoms with Gasteiger partial charge in [0.1, 0.15) is 6.04 Å². The van der Waals surface area contributed by atoms with Crippen LogP contribution in [0.4, 0.5) is 5.69 Å². The van der Waals surface area contributed by atoms with E-state index in [2.05, 4.69) is 10.6 Å². The lowest BCUT2D eigenvalue weighted by Gasteiger charge is -2.16. The van der Waals surface area contributed by atoms with Gasteiger partial charge in [0.25, 0.3) is 0 Å². The third kappa shape index (κ3) is 4.57. The van der Waals surface area contributed by atoms with Crippen molar-refractivity contribution >= 4 is 17.6 Å². The molecule has 1 aromatic rings. The van der Waals surface area contributed by atoms with Crippen molar-refractivity contribution in [2.75, 3.05) is 11.9 Å². The van der Waals surface area contributed by atoms with Crippen LogP contribution in [0, 0.1) is 13.8 Å². The number of hydrogen-bond donors (Lipinski definition) is 3. The topological polar surface area (TPSA) is 78.4 Å². The number of carboxylic acid groups (broad SMARTS) is 1. The van der Waals surface area contributed by atoms with E-state index in [1.165, 1.54) is 0 Å². The van der Waals surface area contributed by atoms with E-state index in [4.69, 9.17) is 5.11 Å². The normalized spacial score (nSPS) is 11.8. The number of amides is 1. The van der Waals surface area contributed by atoms with Crippen molar-refractivity contribution in [2.45, 2.75) is 39.7 Å². The Morgan fingerprint density at radius 3 is 2.35 bits per heavy atom. The molecule has 1 amide bonds. The first-order valence-corrected chi connectivity index (χ1v) is 6.78. The first-order chi connectivity index (χ1) is 9.45. The lowest BCUT2D eigenvalue weighted by Crippen LogP contribution is -2.43. The Bertz CT molecular complexity index is 466. The van der Waals surface area contributed by atoms with E-state index >= 15 is 0 Å². The molecule has 1 atom stereocenters. The number of rotatable bonds is 7. The summed E-state index contributed by atoms with van der Waals surface area (Å²) in [5.41, 5.74) is 3.03. The summed E-state index contributed by atoms with van der Waals surface area (Å²) >= 11 is 0. The Balaban J connectivity index is 2.57. The van der Waals surface area contributed by atoms with Crippen molar-refractivity contribution in [1.29, 1.82) is 0 Å². The maximum absolute atomic E-state index is 11.8. The summed E-state index contributed by atoms with van der Waals surface area (Å²) in [5, 5.41) is 14.6. The number of aryl methyl sites for hydroxylation is 2. The van der Waals surface area contributed by atoms with Crippen molar-refractivity contribution in [3.63, 3.8) is 0 Å². The predicted octanol–water partition coefficient (Wildman–Crippen LogP) is 2.08. The molecule has 1 aromatic carbocycles. The van der Waals surface area contributed by atoms with Crippen LogP contribution in [0.2, 0.25) is 0 Å². The van der Waals surface area contributed by atoms with E-state index in [-0.39, 0.29) is 12.5 Å². The van der Waals surface area contributed by atoms with Crippen LogP contribution in [-0.4, -0.2) is 29.6 Å². The molecule has 5 heteroatoms. The highest BCUT2D eigenvalue weighted by molar-refractivity contribution is 5.86. The Labute approximate surface area is 119 Å². The number of carboxylic acids is 1. The van der Waals surface area contributed by atoms with Crippen LogP contribution in [0.1, 0.15) is 30.9 Å². The van der Waals surface area contributed by atoms with Gasteiger partial charge in [0, 0.05) is 5.69 Å². The van der Waals surface area contributed by atoms with Gasteiger partial charge >= 0.3 is 5.97 Å². The third-order valence-corrected chi connectivity index (χ3v) is 3.12.